The molecule has 1 aromatic carbocycles. The molecule has 184 valence electrons. The lowest BCUT2D eigenvalue weighted by atomic mass is 10.00. The Balaban J connectivity index is 1.49. The molecule has 0 bridgehead atoms. The van der Waals surface area contributed by atoms with E-state index in [0.717, 1.165) is 36.2 Å². The summed E-state index contributed by atoms with van der Waals surface area (Å²) in [6, 6.07) is 8.18. The van der Waals surface area contributed by atoms with Crippen molar-refractivity contribution in [2.45, 2.75) is 95.8 Å². The highest BCUT2D eigenvalue weighted by atomic mass is 32.2. The second kappa shape index (κ2) is 13.5. The second-order valence-corrected chi connectivity index (χ2v) is 10.5. The molecule has 2 aromatic rings. The largest absolute Gasteiger partial charge is 0.477 e. The van der Waals surface area contributed by atoms with Crippen LogP contribution in [-0.2, 0) is 16.1 Å². The number of aromatic nitrogens is 2. The molecule has 1 unspecified atom stereocenters. The molecule has 6 heteroatoms. The Bertz CT molecular complexity index is 928. The molecule has 3 rings (SSSR count). The number of nitrogens with one attached hydrogen (secondary N) is 1. The molecule has 0 saturated heterocycles. The average molecular weight is 482 g/mol. The van der Waals surface area contributed by atoms with Crippen molar-refractivity contribution in [3.8, 4) is 11.4 Å². The molecule has 0 aliphatic carbocycles. The monoisotopic (exact) mass is 481 g/mol. The highest BCUT2D eigenvalue weighted by molar-refractivity contribution is 8.05. The highest BCUT2D eigenvalue weighted by Gasteiger charge is 2.38. The van der Waals surface area contributed by atoms with Crippen LogP contribution in [0.3, 0.4) is 0 Å². The standard InChI is InChI=1S/C28H39N3O2S/c1-3-5-6-7-8-9-10-11-12-13-22-19-29-26(30-20-22)23-14-16-24(17-15-23)28(18-4-2)31-21-25(34-28)27(32)33/h14-17,19-21,31H,3-13,18H2,1-2H3,(H,32,33). The van der Waals surface area contributed by atoms with Crippen molar-refractivity contribution in [3.05, 3.63) is 58.9 Å². The molecule has 0 fully saturated rings. The van der Waals surface area contributed by atoms with Gasteiger partial charge in [0.1, 0.15) is 9.78 Å². The summed E-state index contributed by atoms with van der Waals surface area (Å²) in [5.41, 5.74) is 3.24. The van der Waals surface area contributed by atoms with E-state index in [1.54, 1.807) is 6.20 Å². The summed E-state index contributed by atoms with van der Waals surface area (Å²) >= 11 is 1.38. The number of aryl methyl sites for hydroxylation is 1. The molecule has 34 heavy (non-hydrogen) atoms. The van der Waals surface area contributed by atoms with Crippen molar-refractivity contribution < 1.29 is 9.90 Å². The van der Waals surface area contributed by atoms with Crippen LogP contribution in [-0.4, -0.2) is 21.0 Å². The molecule has 0 saturated carbocycles. The summed E-state index contributed by atoms with van der Waals surface area (Å²) in [6.45, 7) is 4.38. The van der Waals surface area contributed by atoms with E-state index in [2.05, 4.69) is 41.3 Å². The highest BCUT2D eigenvalue weighted by Crippen LogP contribution is 2.46. The minimum absolute atomic E-state index is 0.350. The Kier molecular flexibility index (Phi) is 10.4. The van der Waals surface area contributed by atoms with Gasteiger partial charge in [-0.25, -0.2) is 14.8 Å². The van der Waals surface area contributed by atoms with Crippen LogP contribution < -0.4 is 5.32 Å². The van der Waals surface area contributed by atoms with E-state index in [0.29, 0.717) is 4.91 Å². The van der Waals surface area contributed by atoms with Crippen LogP contribution in [0.2, 0.25) is 0 Å². The molecule has 1 aliphatic rings. The number of thioether (sulfide) groups is 1. The lowest BCUT2D eigenvalue weighted by Gasteiger charge is -2.29. The number of nitrogens with zero attached hydrogens (tertiary/aromatic N) is 2. The summed E-state index contributed by atoms with van der Waals surface area (Å²) in [4.78, 5) is 20.5. The number of aliphatic carboxylic acids is 1. The molecule has 1 atom stereocenters. The first-order valence-electron chi connectivity index (χ1n) is 12.9. The third kappa shape index (κ3) is 7.33. The van der Waals surface area contributed by atoms with E-state index >= 15 is 0 Å². The van der Waals surface area contributed by atoms with Crippen molar-refractivity contribution in [2.24, 2.45) is 0 Å². The van der Waals surface area contributed by atoms with Crippen LogP contribution in [0.25, 0.3) is 11.4 Å². The van der Waals surface area contributed by atoms with Crippen LogP contribution in [0.1, 0.15) is 95.6 Å². The number of carboxylic acid groups (broad SMARTS) is 1. The van der Waals surface area contributed by atoms with Gasteiger partial charge < -0.3 is 10.4 Å². The molecular weight excluding hydrogens is 442 g/mol. The van der Waals surface area contributed by atoms with Crippen molar-refractivity contribution in [1.82, 2.24) is 15.3 Å². The summed E-state index contributed by atoms with van der Waals surface area (Å²) in [5, 5.41) is 12.7. The van der Waals surface area contributed by atoms with Gasteiger partial charge in [0, 0.05) is 24.2 Å². The molecule has 2 heterocycles. The van der Waals surface area contributed by atoms with Crippen LogP contribution in [0, 0.1) is 0 Å². The number of unbranched alkanes of at least 4 members (excludes halogenated alkanes) is 8. The Morgan fingerprint density at radius 3 is 2.09 bits per heavy atom. The van der Waals surface area contributed by atoms with E-state index < -0.39 is 10.8 Å². The lowest BCUT2D eigenvalue weighted by molar-refractivity contribution is -0.131. The number of carbonyl (C=O) groups is 1. The van der Waals surface area contributed by atoms with Crippen LogP contribution in [0.15, 0.2) is 47.8 Å². The van der Waals surface area contributed by atoms with Crippen LogP contribution in [0.5, 0.6) is 0 Å². The van der Waals surface area contributed by atoms with Crippen molar-refractivity contribution in [3.63, 3.8) is 0 Å². The van der Waals surface area contributed by atoms with E-state index in [4.69, 9.17) is 0 Å². The number of benzene rings is 1. The van der Waals surface area contributed by atoms with Gasteiger partial charge in [-0.3, -0.25) is 0 Å². The lowest BCUT2D eigenvalue weighted by Crippen LogP contribution is -2.32. The molecule has 0 spiro atoms. The van der Waals surface area contributed by atoms with Crippen molar-refractivity contribution >= 4 is 17.7 Å². The Morgan fingerprint density at radius 1 is 0.912 bits per heavy atom. The number of carboxylic acids is 1. The van der Waals surface area contributed by atoms with Gasteiger partial charge in [-0.15, -0.1) is 0 Å². The number of hydrogen-bond acceptors (Lipinski definition) is 5. The van der Waals surface area contributed by atoms with Gasteiger partial charge in [0.25, 0.3) is 0 Å². The zero-order valence-corrected chi connectivity index (χ0v) is 21.5. The van der Waals surface area contributed by atoms with Crippen molar-refractivity contribution in [1.29, 1.82) is 0 Å². The zero-order chi connectivity index (χ0) is 24.2. The summed E-state index contributed by atoms with van der Waals surface area (Å²) < 4.78 is 0. The summed E-state index contributed by atoms with van der Waals surface area (Å²) in [5.74, 6) is -0.161. The Labute approximate surface area is 208 Å². The van der Waals surface area contributed by atoms with Gasteiger partial charge in [0.2, 0.25) is 0 Å². The summed E-state index contributed by atoms with van der Waals surface area (Å²) in [7, 11) is 0. The minimum atomic E-state index is -0.886. The van der Waals surface area contributed by atoms with Crippen LogP contribution >= 0.6 is 11.8 Å². The topological polar surface area (TPSA) is 75.1 Å². The van der Waals surface area contributed by atoms with E-state index in [9.17, 15) is 9.90 Å². The Hall–Kier alpha value is -2.34. The molecule has 1 aromatic heterocycles. The average Bonchev–Trinajstić information content (AvgIpc) is 3.29. The van der Waals surface area contributed by atoms with E-state index in [-0.39, 0.29) is 0 Å². The fourth-order valence-corrected chi connectivity index (χ4v) is 5.72. The fraction of sp³-hybridized carbons (Fsp3) is 0.536. The first-order chi connectivity index (χ1) is 16.6. The molecule has 5 nitrogen and oxygen atoms in total. The molecule has 0 amide bonds. The molecule has 1 aliphatic heterocycles. The van der Waals surface area contributed by atoms with Gasteiger partial charge >= 0.3 is 5.97 Å². The van der Waals surface area contributed by atoms with Gasteiger partial charge in [0.05, 0.1) is 0 Å². The maximum atomic E-state index is 11.4. The third-order valence-corrected chi connectivity index (χ3v) is 7.84. The van der Waals surface area contributed by atoms with E-state index in [1.807, 2.05) is 24.5 Å². The maximum absolute atomic E-state index is 11.4. The fourth-order valence-electron chi connectivity index (χ4n) is 4.46. The molecule has 0 radical (unpaired) electrons. The van der Waals surface area contributed by atoms with Gasteiger partial charge in [-0.1, -0.05) is 108 Å². The second-order valence-electron chi connectivity index (χ2n) is 9.21. The molecular formula is C28H39N3O2S. The number of hydrogen-bond donors (Lipinski definition) is 2. The summed E-state index contributed by atoms with van der Waals surface area (Å²) in [6.07, 6.45) is 20.4. The van der Waals surface area contributed by atoms with Crippen molar-refractivity contribution in [2.75, 3.05) is 0 Å². The normalized spacial score (nSPS) is 17.4. The van der Waals surface area contributed by atoms with E-state index in [1.165, 1.54) is 75.1 Å². The predicted molar refractivity (Wildman–Crippen MR) is 141 cm³/mol. The van der Waals surface area contributed by atoms with Gasteiger partial charge in [-0.2, -0.15) is 0 Å². The third-order valence-electron chi connectivity index (χ3n) is 6.42. The quantitative estimate of drug-likeness (QED) is 0.258. The van der Waals surface area contributed by atoms with Gasteiger partial charge in [0.15, 0.2) is 5.82 Å². The zero-order valence-electron chi connectivity index (χ0n) is 20.7. The van der Waals surface area contributed by atoms with Crippen LogP contribution in [0.4, 0.5) is 0 Å². The SMILES string of the molecule is CCCCCCCCCCCc1cnc(-c2ccc(C3(CCC)NC=C(C(=O)O)S3)cc2)nc1. The maximum Gasteiger partial charge on any atom is 0.343 e. The Morgan fingerprint density at radius 2 is 1.53 bits per heavy atom. The first kappa shape index (κ1) is 26.3. The smallest absolute Gasteiger partial charge is 0.343 e. The predicted octanol–water partition coefficient (Wildman–Crippen LogP) is 7.43. The number of rotatable bonds is 15. The van der Waals surface area contributed by atoms with Gasteiger partial charge in [-0.05, 0) is 30.4 Å². The minimum Gasteiger partial charge on any atom is -0.477 e. The molecule has 2 N–H and O–H groups in total. The first-order valence-corrected chi connectivity index (χ1v) is 13.7.